The van der Waals surface area contributed by atoms with Crippen LogP contribution in [0.4, 0.5) is 10.3 Å². The van der Waals surface area contributed by atoms with Crippen LogP contribution >= 0.6 is 0 Å². The molecule has 1 aromatic carbocycles. The number of benzene rings is 1. The molecule has 0 radical (unpaired) electrons. The van der Waals surface area contributed by atoms with Crippen molar-refractivity contribution in [3.63, 3.8) is 0 Å². The Morgan fingerprint density at radius 2 is 1.86 bits per heavy atom. The molecule has 3 aromatic rings. The molecule has 2 aliphatic rings. The highest BCUT2D eigenvalue weighted by molar-refractivity contribution is 5.75. The molecule has 36 heavy (non-hydrogen) atoms. The topological polar surface area (TPSA) is 72.3 Å². The second-order valence-electron chi connectivity index (χ2n) is 10.3. The maximum Gasteiger partial charge on any atom is 0.252 e. The van der Waals surface area contributed by atoms with Crippen LogP contribution in [0.25, 0.3) is 11.0 Å². The Balaban J connectivity index is 0.00000304. The Morgan fingerprint density at radius 3 is 2.53 bits per heavy atom. The standard InChI is InChI=1S/C27H34FN5O2.CH4/c1-16-13-32(14-17(2)35-16)15-23-8-7-21(11-24(23)28)18(3)30-27-29-12-22-9-10-25(34)33(26(22)31-27)19(4)20-5-6-20;/h7-12,16-20H,5-6,13-15H2,1-4H3,(H,29,30,31);1H4/t16-,17+,18-,19-;/m0./s1. The number of morpholine rings is 1. The van der Waals surface area contributed by atoms with Crippen molar-refractivity contribution >= 4 is 17.0 Å². The Hall–Kier alpha value is -2.84. The van der Waals surface area contributed by atoms with Gasteiger partial charge in [-0.05, 0) is 64.2 Å². The van der Waals surface area contributed by atoms with Crippen LogP contribution in [0.3, 0.4) is 0 Å². The average Bonchev–Trinajstić information content (AvgIpc) is 3.65. The normalized spacial score (nSPS) is 22.1. The first-order chi connectivity index (χ1) is 16.8. The number of nitrogens with zero attached hydrogens (tertiary/aromatic N) is 4. The fraction of sp³-hybridized carbons (Fsp3) is 0.536. The Bertz CT molecular complexity index is 1260. The summed E-state index contributed by atoms with van der Waals surface area (Å²) in [5.41, 5.74) is 2.09. The zero-order valence-electron chi connectivity index (χ0n) is 20.9. The van der Waals surface area contributed by atoms with E-state index in [0.29, 0.717) is 29.6 Å². The molecule has 1 aliphatic carbocycles. The monoisotopic (exact) mass is 495 g/mol. The Kier molecular flexibility index (Phi) is 7.76. The van der Waals surface area contributed by atoms with Gasteiger partial charge in [0.25, 0.3) is 5.56 Å². The molecule has 1 saturated heterocycles. The molecule has 2 aromatic heterocycles. The number of hydrogen-bond acceptors (Lipinski definition) is 6. The molecule has 3 heterocycles. The lowest BCUT2D eigenvalue weighted by atomic mass is 10.0. The van der Waals surface area contributed by atoms with Gasteiger partial charge in [-0.25, -0.2) is 9.37 Å². The van der Waals surface area contributed by atoms with Crippen LogP contribution in [-0.4, -0.2) is 44.7 Å². The largest absolute Gasteiger partial charge is 0.373 e. The van der Waals surface area contributed by atoms with E-state index in [-0.39, 0.29) is 43.1 Å². The van der Waals surface area contributed by atoms with E-state index in [9.17, 15) is 4.79 Å². The number of ether oxygens (including phenoxy) is 1. The third-order valence-electron chi connectivity index (χ3n) is 7.19. The summed E-state index contributed by atoms with van der Waals surface area (Å²) in [6.07, 6.45) is 4.32. The van der Waals surface area contributed by atoms with E-state index in [1.54, 1.807) is 29.0 Å². The molecule has 0 spiro atoms. The summed E-state index contributed by atoms with van der Waals surface area (Å²) < 4.78 is 22.6. The zero-order valence-corrected chi connectivity index (χ0v) is 20.9. The molecule has 5 rings (SSSR count). The molecule has 1 saturated carbocycles. The Labute approximate surface area is 212 Å². The maximum absolute atomic E-state index is 15.0. The number of pyridine rings is 1. The van der Waals surface area contributed by atoms with E-state index in [0.717, 1.165) is 36.9 Å². The molecule has 7 nitrogen and oxygen atoms in total. The maximum atomic E-state index is 15.0. The van der Waals surface area contributed by atoms with Crippen LogP contribution in [0.5, 0.6) is 0 Å². The number of aromatic nitrogens is 3. The van der Waals surface area contributed by atoms with Crippen molar-refractivity contribution in [2.75, 3.05) is 18.4 Å². The summed E-state index contributed by atoms with van der Waals surface area (Å²) in [7, 11) is 0. The number of halogens is 1. The number of fused-ring (bicyclic) bond motifs is 1. The van der Waals surface area contributed by atoms with Gasteiger partial charge in [0, 0.05) is 48.9 Å². The third-order valence-corrected chi connectivity index (χ3v) is 7.19. The van der Waals surface area contributed by atoms with Crippen molar-refractivity contribution in [1.82, 2.24) is 19.4 Å². The van der Waals surface area contributed by atoms with Crippen molar-refractivity contribution in [1.29, 1.82) is 0 Å². The minimum atomic E-state index is -0.213. The number of rotatable bonds is 7. The van der Waals surface area contributed by atoms with Gasteiger partial charge in [-0.2, -0.15) is 4.98 Å². The number of hydrogen-bond donors (Lipinski definition) is 1. The van der Waals surface area contributed by atoms with Crippen molar-refractivity contribution < 1.29 is 9.13 Å². The van der Waals surface area contributed by atoms with Crippen LogP contribution in [0.1, 0.15) is 71.2 Å². The van der Waals surface area contributed by atoms with E-state index in [1.807, 2.05) is 19.1 Å². The van der Waals surface area contributed by atoms with Gasteiger partial charge in [-0.3, -0.25) is 14.3 Å². The van der Waals surface area contributed by atoms with E-state index in [1.165, 1.54) is 0 Å². The van der Waals surface area contributed by atoms with Crippen molar-refractivity contribution in [3.05, 3.63) is 63.8 Å². The second kappa shape index (κ2) is 10.6. The molecule has 0 unspecified atom stereocenters. The lowest BCUT2D eigenvalue weighted by Gasteiger charge is -2.35. The summed E-state index contributed by atoms with van der Waals surface area (Å²) in [6, 6.07) is 8.66. The molecule has 0 bridgehead atoms. The quantitative estimate of drug-likeness (QED) is 0.478. The van der Waals surface area contributed by atoms with Gasteiger partial charge in [0.2, 0.25) is 5.95 Å². The molecule has 1 N–H and O–H groups in total. The number of anilines is 1. The summed E-state index contributed by atoms with van der Waals surface area (Å²) in [5.74, 6) is 0.733. The van der Waals surface area contributed by atoms with Crippen molar-refractivity contribution in [3.8, 4) is 0 Å². The Morgan fingerprint density at radius 1 is 1.14 bits per heavy atom. The lowest BCUT2D eigenvalue weighted by molar-refractivity contribution is -0.0707. The van der Waals surface area contributed by atoms with E-state index < -0.39 is 0 Å². The molecular weight excluding hydrogens is 457 g/mol. The van der Waals surface area contributed by atoms with Crippen molar-refractivity contribution in [2.45, 2.75) is 78.8 Å². The van der Waals surface area contributed by atoms with Gasteiger partial charge in [0.1, 0.15) is 11.5 Å². The van der Waals surface area contributed by atoms with Gasteiger partial charge >= 0.3 is 0 Å². The first-order valence-corrected chi connectivity index (χ1v) is 12.6. The molecule has 8 heteroatoms. The van der Waals surface area contributed by atoms with Crippen LogP contribution < -0.4 is 10.9 Å². The first-order valence-electron chi connectivity index (χ1n) is 12.6. The lowest BCUT2D eigenvalue weighted by Crippen LogP contribution is -2.44. The molecule has 0 amide bonds. The smallest absolute Gasteiger partial charge is 0.252 e. The van der Waals surface area contributed by atoms with Gasteiger partial charge in [0.15, 0.2) is 0 Å². The van der Waals surface area contributed by atoms with Gasteiger partial charge in [-0.1, -0.05) is 19.6 Å². The number of nitrogens with one attached hydrogen (secondary N) is 1. The van der Waals surface area contributed by atoms with Crippen LogP contribution in [0.2, 0.25) is 0 Å². The SMILES string of the molecule is C.C[C@@H]1CN(Cc2ccc([C@H](C)Nc3ncc4ccc(=O)n([C@@H](C)C5CC5)c4n3)cc2F)C[C@H](C)O1. The average molecular weight is 496 g/mol. The minimum absolute atomic E-state index is 0. The van der Waals surface area contributed by atoms with Gasteiger partial charge in [0.05, 0.1) is 18.2 Å². The highest BCUT2D eigenvalue weighted by Gasteiger charge is 2.31. The first kappa shape index (κ1) is 26.2. The van der Waals surface area contributed by atoms with Crippen LogP contribution in [-0.2, 0) is 11.3 Å². The third kappa shape index (κ3) is 5.60. The molecule has 2 fully saturated rings. The highest BCUT2D eigenvalue weighted by atomic mass is 19.1. The van der Waals surface area contributed by atoms with E-state index in [4.69, 9.17) is 9.72 Å². The molecular formula is C28H38FN5O2. The predicted molar refractivity (Wildman–Crippen MR) is 142 cm³/mol. The predicted octanol–water partition coefficient (Wildman–Crippen LogP) is 5.32. The van der Waals surface area contributed by atoms with E-state index in [2.05, 4.69) is 36.0 Å². The van der Waals surface area contributed by atoms with Crippen molar-refractivity contribution in [2.24, 2.45) is 5.92 Å². The van der Waals surface area contributed by atoms with Crippen LogP contribution in [0, 0.1) is 11.7 Å². The fourth-order valence-corrected chi connectivity index (χ4v) is 5.18. The van der Waals surface area contributed by atoms with Gasteiger partial charge in [-0.15, -0.1) is 0 Å². The van der Waals surface area contributed by atoms with E-state index >= 15 is 4.39 Å². The molecule has 4 atom stereocenters. The summed E-state index contributed by atoms with van der Waals surface area (Å²) >= 11 is 0. The fourth-order valence-electron chi connectivity index (χ4n) is 5.18. The zero-order chi connectivity index (χ0) is 24.7. The summed E-state index contributed by atoms with van der Waals surface area (Å²) in [5, 5.41) is 4.12. The molecule has 1 aliphatic heterocycles. The second-order valence-corrected chi connectivity index (χ2v) is 10.3. The highest BCUT2D eigenvalue weighted by Crippen LogP contribution is 2.39. The summed E-state index contributed by atoms with van der Waals surface area (Å²) in [6.45, 7) is 10.3. The summed E-state index contributed by atoms with van der Waals surface area (Å²) in [4.78, 5) is 24.0. The minimum Gasteiger partial charge on any atom is -0.373 e. The molecule has 194 valence electrons. The van der Waals surface area contributed by atoms with Crippen LogP contribution in [0.15, 0.2) is 41.3 Å². The van der Waals surface area contributed by atoms with Gasteiger partial charge < -0.3 is 10.1 Å².